The van der Waals surface area contributed by atoms with Crippen LogP contribution in [0, 0.1) is 17.8 Å². The smallest absolute Gasteiger partial charge is 0.0702 e. The molecule has 1 nitrogen and oxygen atoms in total. The molecule has 2 aromatic rings. The Kier molecular flexibility index (Phi) is 3.28. The predicted octanol–water partition coefficient (Wildman–Crippen LogP) is 4.17. The van der Waals surface area contributed by atoms with Crippen molar-refractivity contribution < 1.29 is 0 Å². The molecule has 1 aliphatic carbocycles. The van der Waals surface area contributed by atoms with Crippen LogP contribution in [0.15, 0.2) is 36.5 Å². The Balaban J connectivity index is 1.84. The minimum absolute atomic E-state index is 0.602. The second-order valence-electron chi connectivity index (χ2n) is 5.02. The van der Waals surface area contributed by atoms with Crippen LogP contribution in [0.3, 0.4) is 0 Å². The average molecular weight is 235 g/mol. The molecule has 0 amide bonds. The first-order valence-electron chi connectivity index (χ1n) is 6.78. The van der Waals surface area contributed by atoms with Gasteiger partial charge in [0, 0.05) is 23.1 Å². The number of aromatic nitrogens is 1. The molecule has 18 heavy (non-hydrogen) atoms. The van der Waals surface area contributed by atoms with Gasteiger partial charge in [0.05, 0.1) is 5.52 Å². The molecule has 0 saturated heterocycles. The standard InChI is InChI=1S/C17H17N/c1-2-6-14(7-3-1)10-11-15-12-16-8-4-5-9-17(16)18-13-15/h4-5,8-9,12-14H,1-3,6-7H2. The summed E-state index contributed by atoms with van der Waals surface area (Å²) in [6.07, 6.45) is 8.50. The van der Waals surface area contributed by atoms with E-state index in [-0.39, 0.29) is 0 Å². The van der Waals surface area contributed by atoms with Gasteiger partial charge >= 0.3 is 0 Å². The van der Waals surface area contributed by atoms with Gasteiger partial charge in [0.15, 0.2) is 0 Å². The van der Waals surface area contributed by atoms with E-state index in [0.717, 1.165) is 11.1 Å². The van der Waals surface area contributed by atoms with Gasteiger partial charge < -0.3 is 0 Å². The van der Waals surface area contributed by atoms with Crippen molar-refractivity contribution in [2.75, 3.05) is 0 Å². The zero-order chi connectivity index (χ0) is 12.2. The zero-order valence-electron chi connectivity index (χ0n) is 10.5. The number of rotatable bonds is 0. The number of hydrogen-bond donors (Lipinski definition) is 0. The van der Waals surface area contributed by atoms with Crippen LogP contribution in [0.25, 0.3) is 10.9 Å². The molecule has 1 heteroatoms. The van der Waals surface area contributed by atoms with Gasteiger partial charge in [-0.05, 0) is 25.0 Å². The maximum atomic E-state index is 4.44. The van der Waals surface area contributed by atoms with Gasteiger partial charge in [-0.25, -0.2) is 0 Å². The van der Waals surface area contributed by atoms with Gasteiger partial charge in [-0.3, -0.25) is 4.98 Å². The SMILES string of the molecule is C(#CC1CCCCC1)c1cnc2ccccc2c1. The van der Waals surface area contributed by atoms with E-state index >= 15 is 0 Å². The molecule has 0 bridgehead atoms. The maximum absolute atomic E-state index is 4.44. The van der Waals surface area contributed by atoms with Gasteiger partial charge in [-0.15, -0.1) is 0 Å². The average Bonchev–Trinajstić information content (AvgIpc) is 2.46. The lowest BCUT2D eigenvalue weighted by molar-refractivity contribution is 0.430. The fourth-order valence-electron chi connectivity index (χ4n) is 2.57. The van der Waals surface area contributed by atoms with Crippen LogP contribution in [0.1, 0.15) is 37.7 Å². The molecule has 1 aliphatic rings. The Morgan fingerprint density at radius 1 is 1.06 bits per heavy atom. The summed E-state index contributed by atoms with van der Waals surface area (Å²) in [5.41, 5.74) is 2.08. The van der Waals surface area contributed by atoms with E-state index in [0.29, 0.717) is 5.92 Å². The molecule has 1 heterocycles. The van der Waals surface area contributed by atoms with Crippen molar-refractivity contribution in [3.63, 3.8) is 0 Å². The lowest BCUT2D eigenvalue weighted by atomic mass is 9.90. The molecule has 1 aromatic heterocycles. The Hall–Kier alpha value is -1.81. The third-order valence-electron chi connectivity index (χ3n) is 3.62. The van der Waals surface area contributed by atoms with Crippen molar-refractivity contribution in [2.24, 2.45) is 5.92 Å². The monoisotopic (exact) mass is 235 g/mol. The lowest BCUT2D eigenvalue weighted by Gasteiger charge is -2.15. The number of para-hydroxylation sites is 1. The largest absolute Gasteiger partial charge is 0.255 e. The topological polar surface area (TPSA) is 12.9 Å². The van der Waals surface area contributed by atoms with Crippen molar-refractivity contribution in [2.45, 2.75) is 32.1 Å². The minimum Gasteiger partial charge on any atom is -0.255 e. The van der Waals surface area contributed by atoms with Crippen LogP contribution in [-0.4, -0.2) is 4.98 Å². The van der Waals surface area contributed by atoms with Crippen LogP contribution in [0.2, 0.25) is 0 Å². The minimum atomic E-state index is 0.602. The molecule has 3 rings (SSSR count). The Morgan fingerprint density at radius 3 is 2.78 bits per heavy atom. The fourth-order valence-corrected chi connectivity index (χ4v) is 2.57. The summed E-state index contributed by atoms with van der Waals surface area (Å²) < 4.78 is 0. The first kappa shape index (κ1) is 11.3. The molecule has 0 unspecified atom stereocenters. The van der Waals surface area contributed by atoms with Crippen molar-refractivity contribution in [3.05, 3.63) is 42.1 Å². The number of hydrogen-bond acceptors (Lipinski definition) is 1. The summed E-state index contributed by atoms with van der Waals surface area (Å²) in [7, 11) is 0. The molecule has 0 atom stereocenters. The highest BCUT2D eigenvalue weighted by atomic mass is 14.6. The first-order valence-corrected chi connectivity index (χ1v) is 6.78. The van der Waals surface area contributed by atoms with Crippen molar-refractivity contribution in [1.82, 2.24) is 4.98 Å². The van der Waals surface area contributed by atoms with Gasteiger partial charge in [0.2, 0.25) is 0 Å². The summed E-state index contributed by atoms with van der Waals surface area (Å²) in [6.45, 7) is 0. The summed E-state index contributed by atoms with van der Waals surface area (Å²) in [6, 6.07) is 10.3. The third kappa shape index (κ3) is 2.54. The van der Waals surface area contributed by atoms with Gasteiger partial charge in [0.25, 0.3) is 0 Å². The highest BCUT2D eigenvalue weighted by molar-refractivity contribution is 5.79. The van der Waals surface area contributed by atoms with E-state index in [1.807, 2.05) is 24.4 Å². The van der Waals surface area contributed by atoms with Crippen LogP contribution in [0.4, 0.5) is 0 Å². The number of pyridine rings is 1. The normalized spacial score (nSPS) is 16.2. The molecular weight excluding hydrogens is 218 g/mol. The second kappa shape index (κ2) is 5.23. The van der Waals surface area contributed by atoms with Crippen molar-refractivity contribution in [3.8, 4) is 11.8 Å². The molecule has 0 N–H and O–H groups in total. The number of nitrogens with zero attached hydrogens (tertiary/aromatic N) is 1. The highest BCUT2D eigenvalue weighted by Gasteiger charge is 2.09. The van der Waals surface area contributed by atoms with Gasteiger partial charge in [-0.2, -0.15) is 0 Å². The van der Waals surface area contributed by atoms with E-state index in [4.69, 9.17) is 0 Å². The van der Waals surface area contributed by atoms with Crippen LogP contribution in [0.5, 0.6) is 0 Å². The Labute approximate surface area is 108 Å². The quantitative estimate of drug-likeness (QED) is 0.625. The second-order valence-corrected chi connectivity index (χ2v) is 5.02. The summed E-state index contributed by atoms with van der Waals surface area (Å²) in [4.78, 5) is 4.44. The van der Waals surface area contributed by atoms with Crippen LogP contribution in [-0.2, 0) is 0 Å². The third-order valence-corrected chi connectivity index (χ3v) is 3.62. The van der Waals surface area contributed by atoms with Gasteiger partial charge in [-0.1, -0.05) is 49.3 Å². The molecule has 1 fully saturated rings. The lowest BCUT2D eigenvalue weighted by Crippen LogP contribution is -2.03. The Bertz CT molecular complexity index is 598. The van der Waals surface area contributed by atoms with E-state index in [9.17, 15) is 0 Å². The van der Waals surface area contributed by atoms with Crippen molar-refractivity contribution >= 4 is 10.9 Å². The summed E-state index contributed by atoms with van der Waals surface area (Å²) in [5, 5.41) is 1.17. The van der Waals surface area contributed by atoms with Crippen molar-refractivity contribution in [1.29, 1.82) is 0 Å². The molecular formula is C17H17N. The van der Waals surface area contributed by atoms with E-state index < -0.39 is 0 Å². The van der Waals surface area contributed by atoms with E-state index in [2.05, 4.69) is 29.0 Å². The number of fused-ring (bicyclic) bond motifs is 1. The van der Waals surface area contributed by atoms with Gasteiger partial charge in [0.1, 0.15) is 0 Å². The molecule has 0 radical (unpaired) electrons. The molecule has 90 valence electrons. The number of benzene rings is 1. The van der Waals surface area contributed by atoms with Crippen LogP contribution < -0.4 is 0 Å². The Morgan fingerprint density at radius 2 is 1.89 bits per heavy atom. The summed E-state index contributed by atoms with van der Waals surface area (Å²) in [5.74, 6) is 7.31. The molecule has 1 aromatic carbocycles. The fraction of sp³-hybridized carbons (Fsp3) is 0.353. The first-order chi connectivity index (χ1) is 8.92. The predicted molar refractivity (Wildman–Crippen MR) is 75.2 cm³/mol. The highest BCUT2D eigenvalue weighted by Crippen LogP contribution is 2.22. The van der Waals surface area contributed by atoms with E-state index in [1.165, 1.54) is 37.5 Å². The molecule has 1 saturated carbocycles. The summed E-state index contributed by atoms with van der Waals surface area (Å²) >= 11 is 0. The maximum Gasteiger partial charge on any atom is 0.0702 e. The van der Waals surface area contributed by atoms with E-state index in [1.54, 1.807) is 0 Å². The molecule has 0 spiro atoms. The van der Waals surface area contributed by atoms with Crippen LogP contribution >= 0.6 is 0 Å². The zero-order valence-corrected chi connectivity index (χ0v) is 10.5. The molecule has 0 aliphatic heterocycles.